The quantitative estimate of drug-likeness (QED) is 0.911. The number of ether oxygens (including phenoxy) is 1. The maximum atomic E-state index is 13.0. The molecule has 1 aliphatic heterocycles. The number of rotatable bonds is 3. The molecule has 1 aromatic carbocycles. The molecule has 136 valence electrons. The standard InChI is InChI=1S/C20H23N3O3/c1-13-21-17(11-19(24)22-13)18-12-26-8-7-23(18)20(25)10-14-5-6-15-3-2-4-16(15)9-14/h5-6,9,11,18H,2-4,7-8,10,12H2,1H3,(H,21,22,24). The fourth-order valence-corrected chi connectivity index (χ4v) is 3.93. The zero-order chi connectivity index (χ0) is 18.1. The predicted molar refractivity (Wildman–Crippen MR) is 97.0 cm³/mol. The zero-order valence-corrected chi connectivity index (χ0v) is 15.0. The van der Waals surface area contributed by atoms with Crippen LogP contribution in [0.25, 0.3) is 0 Å². The second-order valence-corrected chi connectivity index (χ2v) is 7.07. The molecule has 1 saturated heterocycles. The molecule has 0 spiro atoms. The van der Waals surface area contributed by atoms with E-state index >= 15 is 0 Å². The van der Waals surface area contributed by atoms with Gasteiger partial charge in [-0.1, -0.05) is 18.2 Å². The van der Waals surface area contributed by atoms with Crippen LogP contribution in [0.4, 0.5) is 0 Å². The normalized spacial score (nSPS) is 19.4. The average Bonchev–Trinajstić information content (AvgIpc) is 3.08. The molecule has 2 aliphatic rings. The van der Waals surface area contributed by atoms with Crippen LogP contribution >= 0.6 is 0 Å². The van der Waals surface area contributed by atoms with Crippen molar-refractivity contribution in [2.24, 2.45) is 0 Å². The Morgan fingerprint density at radius 3 is 3.00 bits per heavy atom. The van der Waals surface area contributed by atoms with E-state index in [-0.39, 0.29) is 17.5 Å². The number of H-pyrrole nitrogens is 1. The van der Waals surface area contributed by atoms with Crippen LogP contribution in [0.15, 0.2) is 29.1 Å². The Kier molecular flexibility index (Phi) is 4.59. The number of nitrogens with zero attached hydrogens (tertiary/aromatic N) is 2. The summed E-state index contributed by atoms with van der Waals surface area (Å²) in [6.07, 6.45) is 3.81. The molecule has 2 heterocycles. The highest BCUT2D eigenvalue weighted by molar-refractivity contribution is 5.79. The minimum atomic E-state index is -0.313. The largest absolute Gasteiger partial charge is 0.377 e. The molecule has 2 aromatic rings. The molecule has 1 atom stereocenters. The highest BCUT2D eigenvalue weighted by Crippen LogP contribution is 2.25. The van der Waals surface area contributed by atoms with E-state index in [2.05, 4.69) is 28.2 Å². The van der Waals surface area contributed by atoms with Gasteiger partial charge in [-0.15, -0.1) is 0 Å². The van der Waals surface area contributed by atoms with Gasteiger partial charge in [0.25, 0.3) is 5.56 Å². The van der Waals surface area contributed by atoms with E-state index in [1.54, 1.807) is 11.8 Å². The van der Waals surface area contributed by atoms with Gasteiger partial charge in [-0.25, -0.2) is 4.98 Å². The number of morpholine rings is 1. The number of hydrogen-bond acceptors (Lipinski definition) is 4. The summed E-state index contributed by atoms with van der Waals surface area (Å²) in [5.41, 5.74) is 4.22. The van der Waals surface area contributed by atoms with Crippen LogP contribution in [0.2, 0.25) is 0 Å². The maximum Gasteiger partial charge on any atom is 0.251 e. The molecule has 1 fully saturated rings. The smallest absolute Gasteiger partial charge is 0.251 e. The summed E-state index contributed by atoms with van der Waals surface area (Å²) >= 11 is 0. The van der Waals surface area contributed by atoms with Crippen molar-refractivity contribution >= 4 is 5.91 Å². The predicted octanol–water partition coefficient (Wildman–Crippen LogP) is 1.71. The Hall–Kier alpha value is -2.47. The average molecular weight is 353 g/mol. The van der Waals surface area contributed by atoms with Crippen LogP contribution in [-0.2, 0) is 28.8 Å². The van der Waals surface area contributed by atoms with Crippen molar-refractivity contribution in [2.45, 2.75) is 38.6 Å². The molecular weight excluding hydrogens is 330 g/mol. The molecule has 1 aromatic heterocycles. The van der Waals surface area contributed by atoms with E-state index in [0.29, 0.717) is 37.7 Å². The van der Waals surface area contributed by atoms with Gasteiger partial charge in [0, 0.05) is 12.6 Å². The zero-order valence-electron chi connectivity index (χ0n) is 15.0. The van der Waals surface area contributed by atoms with Crippen LogP contribution in [-0.4, -0.2) is 40.5 Å². The lowest BCUT2D eigenvalue weighted by molar-refractivity contribution is -0.139. The Morgan fingerprint density at radius 1 is 1.31 bits per heavy atom. The van der Waals surface area contributed by atoms with Crippen molar-refractivity contribution in [3.05, 3.63) is 62.8 Å². The van der Waals surface area contributed by atoms with Gasteiger partial charge in [-0.2, -0.15) is 0 Å². The number of aromatic nitrogens is 2. The van der Waals surface area contributed by atoms with Crippen molar-refractivity contribution in [1.82, 2.24) is 14.9 Å². The summed E-state index contributed by atoms with van der Waals surface area (Å²) in [5, 5.41) is 0. The number of benzene rings is 1. The SMILES string of the molecule is Cc1nc(C2COCCN2C(=O)Cc2ccc3c(c2)CCC3)cc(=O)[nH]1. The third-order valence-electron chi connectivity index (χ3n) is 5.19. The van der Waals surface area contributed by atoms with Crippen LogP contribution < -0.4 is 5.56 Å². The van der Waals surface area contributed by atoms with Crippen LogP contribution in [0, 0.1) is 6.92 Å². The summed E-state index contributed by atoms with van der Waals surface area (Å²) in [7, 11) is 0. The van der Waals surface area contributed by atoms with Gasteiger partial charge in [0.2, 0.25) is 5.91 Å². The summed E-state index contributed by atoms with van der Waals surface area (Å²) in [4.78, 5) is 33.6. The second-order valence-electron chi connectivity index (χ2n) is 7.07. The number of amides is 1. The van der Waals surface area contributed by atoms with Gasteiger partial charge >= 0.3 is 0 Å². The molecule has 1 unspecified atom stereocenters. The first kappa shape index (κ1) is 17.0. The van der Waals surface area contributed by atoms with Crippen molar-refractivity contribution in [2.75, 3.05) is 19.8 Å². The van der Waals surface area contributed by atoms with Gasteiger partial charge in [0.1, 0.15) is 5.82 Å². The molecule has 1 amide bonds. The topological polar surface area (TPSA) is 75.3 Å². The third-order valence-corrected chi connectivity index (χ3v) is 5.19. The molecule has 6 nitrogen and oxygen atoms in total. The fourth-order valence-electron chi connectivity index (χ4n) is 3.93. The van der Waals surface area contributed by atoms with E-state index in [1.807, 2.05) is 0 Å². The molecular formula is C20H23N3O3. The minimum absolute atomic E-state index is 0.0518. The molecule has 6 heteroatoms. The number of carbonyl (C=O) groups is 1. The van der Waals surface area contributed by atoms with E-state index < -0.39 is 0 Å². The monoisotopic (exact) mass is 353 g/mol. The lowest BCUT2D eigenvalue weighted by Gasteiger charge is -2.35. The highest BCUT2D eigenvalue weighted by Gasteiger charge is 2.30. The van der Waals surface area contributed by atoms with Gasteiger partial charge in [0.15, 0.2) is 0 Å². The van der Waals surface area contributed by atoms with Crippen molar-refractivity contribution < 1.29 is 9.53 Å². The summed E-state index contributed by atoms with van der Waals surface area (Å²) < 4.78 is 5.56. The number of nitrogens with one attached hydrogen (secondary N) is 1. The number of hydrogen-bond donors (Lipinski definition) is 1. The number of aryl methyl sites for hydroxylation is 3. The van der Waals surface area contributed by atoms with Crippen LogP contribution in [0.1, 0.15) is 40.7 Å². The first-order chi connectivity index (χ1) is 12.6. The maximum absolute atomic E-state index is 13.0. The minimum Gasteiger partial charge on any atom is -0.377 e. The molecule has 0 radical (unpaired) electrons. The fraction of sp³-hybridized carbons (Fsp3) is 0.450. The van der Waals surface area contributed by atoms with E-state index in [0.717, 1.165) is 18.4 Å². The molecule has 4 rings (SSSR count). The molecule has 1 aliphatic carbocycles. The Balaban J connectivity index is 1.55. The summed E-state index contributed by atoms with van der Waals surface area (Å²) in [6.45, 7) is 3.13. The van der Waals surface area contributed by atoms with Crippen molar-refractivity contribution in [3.8, 4) is 0 Å². The second kappa shape index (κ2) is 7.03. The van der Waals surface area contributed by atoms with E-state index in [1.165, 1.54) is 23.6 Å². The molecule has 1 N–H and O–H groups in total. The lowest BCUT2D eigenvalue weighted by Crippen LogP contribution is -2.44. The summed E-state index contributed by atoms with van der Waals surface area (Å²) in [6, 6.07) is 7.54. The van der Waals surface area contributed by atoms with Gasteiger partial charge in [-0.05, 0) is 42.9 Å². The van der Waals surface area contributed by atoms with Gasteiger partial charge in [0.05, 0.1) is 31.4 Å². The summed E-state index contributed by atoms with van der Waals surface area (Å²) in [5.74, 6) is 0.597. The Bertz CT molecular complexity index is 890. The first-order valence-electron chi connectivity index (χ1n) is 9.16. The molecule has 0 bridgehead atoms. The van der Waals surface area contributed by atoms with E-state index in [4.69, 9.17) is 4.74 Å². The Labute approximate surface area is 152 Å². The van der Waals surface area contributed by atoms with Gasteiger partial charge < -0.3 is 14.6 Å². The van der Waals surface area contributed by atoms with E-state index in [9.17, 15) is 9.59 Å². The number of fused-ring (bicyclic) bond motifs is 1. The third kappa shape index (κ3) is 3.42. The molecule has 0 saturated carbocycles. The first-order valence-corrected chi connectivity index (χ1v) is 9.16. The number of aromatic amines is 1. The Morgan fingerprint density at radius 2 is 2.15 bits per heavy atom. The van der Waals surface area contributed by atoms with Crippen LogP contribution in [0.5, 0.6) is 0 Å². The highest BCUT2D eigenvalue weighted by atomic mass is 16.5. The van der Waals surface area contributed by atoms with Crippen molar-refractivity contribution in [1.29, 1.82) is 0 Å². The van der Waals surface area contributed by atoms with Crippen molar-refractivity contribution in [3.63, 3.8) is 0 Å². The van der Waals surface area contributed by atoms with Gasteiger partial charge in [-0.3, -0.25) is 9.59 Å². The van der Waals surface area contributed by atoms with Crippen LogP contribution in [0.3, 0.4) is 0 Å². The number of carbonyl (C=O) groups excluding carboxylic acids is 1. The molecule has 26 heavy (non-hydrogen) atoms. The lowest BCUT2D eigenvalue weighted by atomic mass is 10.0.